The molecule has 20 heavy (non-hydrogen) atoms. The van der Waals surface area contributed by atoms with Crippen LogP contribution >= 0.6 is 0 Å². The number of carbonyl (C=O) groups excluding carboxylic acids is 1. The Morgan fingerprint density at radius 3 is 2.70 bits per heavy atom. The predicted molar refractivity (Wildman–Crippen MR) is 71.2 cm³/mol. The van der Waals surface area contributed by atoms with E-state index in [1.54, 1.807) is 0 Å². The van der Waals surface area contributed by atoms with E-state index in [1.807, 2.05) is 6.92 Å². The topological polar surface area (TPSA) is 55.1 Å². The van der Waals surface area contributed by atoms with Crippen molar-refractivity contribution in [2.75, 3.05) is 13.1 Å². The van der Waals surface area contributed by atoms with E-state index in [-0.39, 0.29) is 5.56 Å². The Bertz CT molecular complexity index is 446. The summed E-state index contributed by atoms with van der Waals surface area (Å²) in [6.07, 6.45) is -2.81. The fraction of sp³-hybridized carbons (Fsp3) is 0.500. The fourth-order valence-corrected chi connectivity index (χ4v) is 1.71. The van der Waals surface area contributed by atoms with Gasteiger partial charge in [-0.1, -0.05) is 13.0 Å². The van der Waals surface area contributed by atoms with Gasteiger partial charge in [0.05, 0.1) is 5.56 Å². The van der Waals surface area contributed by atoms with Crippen molar-refractivity contribution in [3.63, 3.8) is 0 Å². The largest absolute Gasteiger partial charge is 0.416 e. The summed E-state index contributed by atoms with van der Waals surface area (Å²) < 4.78 is 37.6. The van der Waals surface area contributed by atoms with Crippen molar-refractivity contribution in [3.8, 4) is 0 Å². The molecule has 0 heterocycles. The first-order valence-corrected chi connectivity index (χ1v) is 6.50. The number of amides is 1. The van der Waals surface area contributed by atoms with Gasteiger partial charge in [0.1, 0.15) is 0 Å². The number of halogens is 3. The minimum absolute atomic E-state index is 0.0201. The second-order valence-electron chi connectivity index (χ2n) is 4.82. The van der Waals surface area contributed by atoms with Crippen LogP contribution in [-0.4, -0.2) is 19.0 Å². The maximum Gasteiger partial charge on any atom is 0.416 e. The monoisotopic (exact) mass is 288 g/mol. The van der Waals surface area contributed by atoms with Crippen LogP contribution in [0.15, 0.2) is 24.3 Å². The van der Waals surface area contributed by atoms with Gasteiger partial charge in [-0.25, -0.2) is 0 Å². The number of benzene rings is 1. The maximum absolute atomic E-state index is 12.5. The van der Waals surface area contributed by atoms with Crippen LogP contribution in [0.5, 0.6) is 0 Å². The minimum Gasteiger partial charge on any atom is -0.352 e. The molecule has 0 aromatic heterocycles. The average Bonchev–Trinajstić information content (AvgIpc) is 2.42. The molecule has 0 saturated carbocycles. The molecule has 1 aromatic carbocycles. The van der Waals surface area contributed by atoms with Crippen molar-refractivity contribution in [2.45, 2.75) is 25.9 Å². The highest BCUT2D eigenvalue weighted by Gasteiger charge is 2.30. The van der Waals surface area contributed by atoms with E-state index in [0.717, 1.165) is 25.0 Å². The quantitative estimate of drug-likeness (QED) is 0.791. The van der Waals surface area contributed by atoms with E-state index in [0.29, 0.717) is 19.0 Å². The molecule has 1 atom stereocenters. The van der Waals surface area contributed by atoms with Crippen molar-refractivity contribution in [2.24, 2.45) is 11.7 Å². The summed E-state index contributed by atoms with van der Waals surface area (Å²) in [5, 5.41) is 2.61. The van der Waals surface area contributed by atoms with Crippen LogP contribution in [0.1, 0.15) is 35.7 Å². The first-order chi connectivity index (χ1) is 9.34. The molecule has 6 heteroatoms. The van der Waals surface area contributed by atoms with Crippen LogP contribution in [0.2, 0.25) is 0 Å². The highest BCUT2D eigenvalue weighted by Crippen LogP contribution is 2.29. The van der Waals surface area contributed by atoms with E-state index in [1.165, 1.54) is 12.1 Å². The van der Waals surface area contributed by atoms with Crippen molar-refractivity contribution in [1.82, 2.24) is 5.32 Å². The zero-order valence-electron chi connectivity index (χ0n) is 11.3. The second kappa shape index (κ2) is 7.28. The summed E-state index contributed by atoms with van der Waals surface area (Å²) in [5.41, 5.74) is 4.67. The predicted octanol–water partition coefficient (Wildman–Crippen LogP) is 2.81. The maximum atomic E-state index is 12.5. The third-order valence-electron chi connectivity index (χ3n) is 3.01. The number of nitrogens with one attached hydrogen (secondary N) is 1. The van der Waals surface area contributed by atoms with Crippen LogP contribution in [0, 0.1) is 5.92 Å². The number of carbonyl (C=O) groups is 1. The number of rotatable bonds is 6. The molecule has 0 bridgehead atoms. The summed E-state index contributed by atoms with van der Waals surface area (Å²) in [4.78, 5) is 11.7. The van der Waals surface area contributed by atoms with E-state index >= 15 is 0 Å². The van der Waals surface area contributed by atoms with Gasteiger partial charge in [-0.2, -0.15) is 13.2 Å². The molecule has 0 aliphatic heterocycles. The van der Waals surface area contributed by atoms with Gasteiger partial charge in [-0.15, -0.1) is 0 Å². The highest BCUT2D eigenvalue weighted by atomic mass is 19.4. The van der Waals surface area contributed by atoms with Gasteiger partial charge >= 0.3 is 6.18 Å². The summed E-state index contributed by atoms with van der Waals surface area (Å²) in [7, 11) is 0. The summed E-state index contributed by atoms with van der Waals surface area (Å²) in [5.74, 6) is -0.114. The summed E-state index contributed by atoms with van der Waals surface area (Å²) in [6, 6.07) is 4.40. The number of hydrogen-bond acceptors (Lipinski definition) is 2. The van der Waals surface area contributed by atoms with Crippen LogP contribution in [-0.2, 0) is 6.18 Å². The minimum atomic E-state index is -4.44. The van der Waals surface area contributed by atoms with E-state index in [4.69, 9.17) is 5.73 Å². The van der Waals surface area contributed by atoms with Crippen molar-refractivity contribution < 1.29 is 18.0 Å². The highest BCUT2D eigenvalue weighted by molar-refractivity contribution is 5.94. The lowest BCUT2D eigenvalue weighted by molar-refractivity contribution is -0.137. The molecule has 0 saturated heterocycles. The molecule has 3 N–H and O–H groups in total. The van der Waals surface area contributed by atoms with E-state index < -0.39 is 17.6 Å². The summed E-state index contributed by atoms with van der Waals surface area (Å²) in [6.45, 7) is 3.02. The van der Waals surface area contributed by atoms with Crippen molar-refractivity contribution in [3.05, 3.63) is 35.4 Å². The second-order valence-corrected chi connectivity index (χ2v) is 4.82. The van der Waals surface area contributed by atoms with Crippen molar-refractivity contribution >= 4 is 5.91 Å². The zero-order chi connectivity index (χ0) is 15.2. The van der Waals surface area contributed by atoms with Crippen LogP contribution < -0.4 is 11.1 Å². The molecular formula is C14H19F3N2O. The molecule has 3 nitrogen and oxygen atoms in total. The van der Waals surface area contributed by atoms with Gasteiger partial charge < -0.3 is 11.1 Å². The Labute approximate surface area is 116 Å². The SMILES string of the molecule is CC(CN)CCCNC(=O)c1cccc(C(F)(F)F)c1. The molecule has 0 aliphatic carbocycles. The molecule has 0 spiro atoms. The third-order valence-corrected chi connectivity index (χ3v) is 3.01. The van der Waals surface area contributed by atoms with Gasteiger partial charge in [0.2, 0.25) is 0 Å². The Balaban J connectivity index is 2.52. The third kappa shape index (κ3) is 5.21. The molecule has 1 rings (SSSR count). The summed E-state index contributed by atoms with van der Waals surface area (Å²) >= 11 is 0. The zero-order valence-corrected chi connectivity index (χ0v) is 11.3. The number of alkyl halides is 3. The smallest absolute Gasteiger partial charge is 0.352 e. The number of hydrogen-bond donors (Lipinski definition) is 2. The lowest BCUT2D eigenvalue weighted by Crippen LogP contribution is -2.25. The van der Waals surface area contributed by atoms with Gasteiger partial charge in [0, 0.05) is 12.1 Å². The Morgan fingerprint density at radius 2 is 2.10 bits per heavy atom. The van der Waals surface area contributed by atoms with Gasteiger partial charge in [-0.3, -0.25) is 4.79 Å². The van der Waals surface area contributed by atoms with E-state index in [9.17, 15) is 18.0 Å². The van der Waals surface area contributed by atoms with Crippen molar-refractivity contribution in [1.29, 1.82) is 0 Å². The lowest BCUT2D eigenvalue weighted by Gasteiger charge is -2.10. The van der Waals surface area contributed by atoms with Crippen LogP contribution in [0.3, 0.4) is 0 Å². The van der Waals surface area contributed by atoms with Gasteiger partial charge in [0.15, 0.2) is 0 Å². The fourth-order valence-electron chi connectivity index (χ4n) is 1.71. The molecule has 0 fully saturated rings. The molecule has 0 aliphatic rings. The lowest BCUT2D eigenvalue weighted by atomic mass is 10.1. The number of nitrogens with two attached hydrogens (primary N) is 1. The molecule has 1 amide bonds. The molecule has 0 radical (unpaired) electrons. The molecule has 1 aromatic rings. The average molecular weight is 288 g/mol. The van der Waals surface area contributed by atoms with Crippen LogP contribution in [0.4, 0.5) is 13.2 Å². The van der Waals surface area contributed by atoms with Crippen LogP contribution in [0.25, 0.3) is 0 Å². The Morgan fingerprint density at radius 1 is 1.40 bits per heavy atom. The first kappa shape index (κ1) is 16.5. The first-order valence-electron chi connectivity index (χ1n) is 6.50. The Kier molecular flexibility index (Phi) is 6.01. The normalized spacial score (nSPS) is 13.1. The molecule has 112 valence electrons. The van der Waals surface area contributed by atoms with E-state index in [2.05, 4.69) is 5.32 Å². The van der Waals surface area contributed by atoms with Gasteiger partial charge in [0.25, 0.3) is 5.91 Å². The Hall–Kier alpha value is -1.56. The molecule has 1 unspecified atom stereocenters. The standard InChI is InChI=1S/C14H19F3N2O/c1-10(9-18)4-3-7-19-13(20)11-5-2-6-12(8-11)14(15,16)17/h2,5-6,8,10H,3-4,7,9,18H2,1H3,(H,19,20). The molecular weight excluding hydrogens is 269 g/mol. The van der Waals surface area contributed by atoms with Gasteiger partial charge in [-0.05, 0) is 43.5 Å².